The van der Waals surface area contributed by atoms with Gasteiger partial charge in [-0.05, 0) is 64.4 Å². The zero-order valence-electron chi connectivity index (χ0n) is 15.9. The molecule has 6 nitrogen and oxygen atoms in total. The molecule has 2 aromatic carbocycles. The lowest BCUT2D eigenvalue weighted by Crippen LogP contribution is -2.14. The molecule has 4 aromatic rings. The molecule has 150 valence electrons. The lowest BCUT2D eigenvalue weighted by Gasteiger charge is -2.13. The number of allylic oxidation sites excluding steroid dienone is 1. The molecule has 8 heteroatoms. The van der Waals surface area contributed by atoms with Gasteiger partial charge in [-0.15, -0.1) is 0 Å². The first-order valence-electron chi connectivity index (χ1n) is 8.96. The maximum Gasteiger partial charge on any atom is 0.336 e. The van der Waals surface area contributed by atoms with Crippen LogP contribution in [0.2, 0.25) is 0 Å². The number of Topliss-reactive ketones (excluding diaryl/α,β-unsaturated/α-hetero) is 1. The van der Waals surface area contributed by atoms with Gasteiger partial charge in [0.15, 0.2) is 5.78 Å². The molecule has 2 aromatic heterocycles. The molecule has 0 saturated carbocycles. The zero-order valence-corrected chi connectivity index (χ0v) is 17.5. The van der Waals surface area contributed by atoms with Gasteiger partial charge in [0.25, 0.3) is 0 Å². The minimum Gasteiger partial charge on any atom is -0.497 e. The van der Waals surface area contributed by atoms with Crippen LogP contribution in [0, 0.1) is 0 Å². The molecular formula is C22H16N2O4S2. The number of carboxylic acids is 1. The van der Waals surface area contributed by atoms with Crippen molar-refractivity contribution in [3.05, 3.63) is 81.6 Å². The SMILES string of the molecule is COc1ccc(C(=O)C(Cc2ccsc2)=C(C(=O)O)c2ccc3nsnc3c2)cc1. The average Bonchev–Trinajstić information content (AvgIpc) is 3.44. The van der Waals surface area contributed by atoms with Crippen LogP contribution < -0.4 is 4.74 Å². The number of fused-ring (bicyclic) bond motifs is 1. The fourth-order valence-electron chi connectivity index (χ4n) is 3.16. The summed E-state index contributed by atoms with van der Waals surface area (Å²) in [6, 6.07) is 13.6. The van der Waals surface area contributed by atoms with Crippen molar-refractivity contribution < 1.29 is 19.4 Å². The quantitative estimate of drug-likeness (QED) is 0.333. The van der Waals surface area contributed by atoms with Crippen molar-refractivity contribution in [2.45, 2.75) is 6.42 Å². The van der Waals surface area contributed by atoms with Gasteiger partial charge in [0.1, 0.15) is 16.8 Å². The number of aromatic nitrogens is 2. The highest BCUT2D eigenvalue weighted by atomic mass is 32.1. The first kappa shape index (κ1) is 19.9. The van der Waals surface area contributed by atoms with Crippen molar-refractivity contribution >= 4 is 51.4 Å². The minimum absolute atomic E-state index is 0.0306. The largest absolute Gasteiger partial charge is 0.497 e. The van der Waals surface area contributed by atoms with Gasteiger partial charge in [0, 0.05) is 17.6 Å². The summed E-state index contributed by atoms with van der Waals surface area (Å²) in [6.07, 6.45) is 0.212. The Morgan fingerprint density at radius 3 is 2.40 bits per heavy atom. The Labute approximate surface area is 180 Å². The monoisotopic (exact) mass is 436 g/mol. The van der Waals surface area contributed by atoms with Crippen molar-refractivity contribution in [3.8, 4) is 5.75 Å². The smallest absolute Gasteiger partial charge is 0.336 e. The second kappa shape index (κ2) is 8.56. The first-order valence-corrected chi connectivity index (χ1v) is 10.6. The number of ether oxygens (including phenoxy) is 1. The van der Waals surface area contributed by atoms with Crippen LogP contribution in [0.25, 0.3) is 16.6 Å². The summed E-state index contributed by atoms with van der Waals surface area (Å²) < 4.78 is 13.5. The summed E-state index contributed by atoms with van der Waals surface area (Å²) in [5, 5.41) is 13.9. The molecule has 0 amide bonds. The van der Waals surface area contributed by atoms with E-state index in [9.17, 15) is 14.7 Å². The number of carbonyl (C=O) groups excluding carboxylic acids is 1. The molecule has 0 radical (unpaired) electrons. The molecule has 30 heavy (non-hydrogen) atoms. The van der Waals surface area contributed by atoms with Crippen molar-refractivity contribution in [2.24, 2.45) is 0 Å². The Morgan fingerprint density at radius 2 is 1.73 bits per heavy atom. The van der Waals surface area contributed by atoms with E-state index < -0.39 is 5.97 Å². The van der Waals surface area contributed by atoms with E-state index in [0.29, 0.717) is 27.9 Å². The summed E-state index contributed by atoms with van der Waals surface area (Å²) in [5.41, 5.74) is 3.18. The van der Waals surface area contributed by atoms with Crippen LogP contribution in [-0.4, -0.2) is 32.7 Å². The second-order valence-corrected chi connectivity index (χ2v) is 7.80. The lowest BCUT2D eigenvalue weighted by molar-refractivity contribution is -0.130. The third-order valence-corrected chi connectivity index (χ3v) is 5.93. The normalized spacial score (nSPS) is 11.9. The molecule has 0 fully saturated rings. The molecule has 4 rings (SSSR count). The Bertz CT molecular complexity index is 1240. The van der Waals surface area contributed by atoms with Gasteiger partial charge < -0.3 is 9.84 Å². The van der Waals surface area contributed by atoms with Crippen molar-refractivity contribution in [3.63, 3.8) is 0 Å². The Kier molecular flexibility index (Phi) is 5.69. The van der Waals surface area contributed by atoms with Crippen LogP contribution in [0.3, 0.4) is 0 Å². The highest BCUT2D eigenvalue weighted by Gasteiger charge is 2.24. The van der Waals surface area contributed by atoms with E-state index in [1.54, 1.807) is 49.6 Å². The van der Waals surface area contributed by atoms with E-state index in [2.05, 4.69) is 8.75 Å². The molecule has 0 bridgehead atoms. The van der Waals surface area contributed by atoms with Crippen molar-refractivity contribution in [1.29, 1.82) is 0 Å². The van der Waals surface area contributed by atoms with Gasteiger partial charge in [0.2, 0.25) is 0 Å². The molecular weight excluding hydrogens is 420 g/mol. The molecule has 0 unspecified atom stereocenters. The van der Waals surface area contributed by atoms with Crippen molar-refractivity contribution in [1.82, 2.24) is 8.75 Å². The van der Waals surface area contributed by atoms with Crippen LogP contribution in [0.15, 0.2) is 64.9 Å². The van der Waals surface area contributed by atoms with Crippen LogP contribution in [0.4, 0.5) is 0 Å². The molecule has 1 N–H and O–H groups in total. The molecule has 0 atom stereocenters. The van der Waals surface area contributed by atoms with Gasteiger partial charge in [0.05, 0.1) is 24.4 Å². The van der Waals surface area contributed by atoms with Gasteiger partial charge in [-0.2, -0.15) is 20.1 Å². The summed E-state index contributed by atoms with van der Waals surface area (Å²) in [4.78, 5) is 25.7. The van der Waals surface area contributed by atoms with Gasteiger partial charge in [-0.3, -0.25) is 4.79 Å². The number of aliphatic carboxylic acids is 1. The molecule has 0 aliphatic heterocycles. The van der Waals surface area contributed by atoms with E-state index in [0.717, 1.165) is 17.3 Å². The Morgan fingerprint density at radius 1 is 1.00 bits per heavy atom. The average molecular weight is 437 g/mol. The lowest BCUT2D eigenvalue weighted by atomic mass is 9.90. The summed E-state index contributed by atoms with van der Waals surface area (Å²) in [7, 11) is 1.55. The van der Waals surface area contributed by atoms with Gasteiger partial charge in [-0.1, -0.05) is 6.07 Å². The fraction of sp³-hybridized carbons (Fsp3) is 0.0909. The van der Waals surface area contributed by atoms with Gasteiger partial charge in [-0.25, -0.2) is 4.79 Å². The van der Waals surface area contributed by atoms with E-state index >= 15 is 0 Å². The minimum atomic E-state index is -1.16. The fourth-order valence-corrected chi connectivity index (χ4v) is 4.35. The number of carbonyl (C=O) groups is 2. The summed E-state index contributed by atoms with van der Waals surface area (Å²) in [6.45, 7) is 0. The number of hydrogen-bond acceptors (Lipinski definition) is 7. The number of rotatable bonds is 7. The number of carboxylic acid groups (broad SMARTS) is 1. The molecule has 0 aliphatic carbocycles. The Hall–Kier alpha value is -3.36. The van der Waals surface area contributed by atoms with Crippen LogP contribution >= 0.6 is 23.1 Å². The molecule has 2 heterocycles. The number of nitrogens with zero attached hydrogens (tertiary/aromatic N) is 2. The number of benzene rings is 2. The number of ketones is 1. The maximum absolute atomic E-state index is 13.4. The standard InChI is InChI=1S/C22H16N2O4S2/c1-28-16-5-2-14(3-6-16)21(25)17(10-13-8-9-29-12-13)20(22(26)27)15-4-7-18-19(11-15)24-30-23-18/h2-9,11-12H,10H2,1H3,(H,26,27). The van der Waals surface area contributed by atoms with E-state index in [-0.39, 0.29) is 23.4 Å². The van der Waals surface area contributed by atoms with Crippen LogP contribution in [-0.2, 0) is 11.2 Å². The highest BCUT2D eigenvalue weighted by molar-refractivity contribution is 7.08. The number of thiophene rings is 1. The summed E-state index contributed by atoms with van der Waals surface area (Å²) >= 11 is 2.56. The Balaban J connectivity index is 1.88. The predicted molar refractivity (Wildman–Crippen MR) is 117 cm³/mol. The van der Waals surface area contributed by atoms with Crippen LogP contribution in [0.5, 0.6) is 5.75 Å². The second-order valence-electron chi connectivity index (χ2n) is 6.49. The zero-order chi connectivity index (χ0) is 21.1. The summed E-state index contributed by atoms with van der Waals surface area (Å²) in [5.74, 6) is -0.878. The van der Waals surface area contributed by atoms with Crippen LogP contribution in [0.1, 0.15) is 21.5 Å². The third-order valence-electron chi connectivity index (χ3n) is 4.65. The first-order chi connectivity index (χ1) is 14.6. The van der Waals surface area contributed by atoms with E-state index in [1.807, 2.05) is 16.8 Å². The topological polar surface area (TPSA) is 89.4 Å². The maximum atomic E-state index is 13.4. The molecule has 0 saturated heterocycles. The number of hydrogen-bond donors (Lipinski definition) is 1. The van der Waals surface area contributed by atoms with E-state index in [1.165, 1.54) is 11.3 Å². The van der Waals surface area contributed by atoms with Crippen molar-refractivity contribution in [2.75, 3.05) is 7.11 Å². The molecule has 0 spiro atoms. The van der Waals surface area contributed by atoms with E-state index in [4.69, 9.17) is 4.74 Å². The number of methoxy groups -OCH3 is 1. The highest BCUT2D eigenvalue weighted by Crippen LogP contribution is 2.28. The predicted octanol–water partition coefficient (Wildman–Crippen LogP) is 4.73. The molecule has 0 aliphatic rings. The van der Waals surface area contributed by atoms with Gasteiger partial charge >= 0.3 is 5.97 Å². The third kappa shape index (κ3) is 4.00.